The molecule has 2 atom stereocenters. The summed E-state index contributed by atoms with van der Waals surface area (Å²) in [6.45, 7) is 4.09. The molecule has 1 unspecified atom stereocenters. The number of benzene rings is 1. The molecule has 3 aromatic rings. The second-order valence-electron chi connectivity index (χ2n) is 8.74. The Morgan fingerprint density at radius 2 is 1.94 bits per heavy atom. The number of aromatic nitrogens is 3. The molecule has 0 radical (unpaired) electrons. The molecule has 2 aliphatic heterocycles. The van der Waals surface area contributed by atoms with Crippen LogP contribution in [0, 0.1) is 17.2 Å². The Hall–Kier alpha value is -3.54. The molecule has 0 bridgehead atoms. The Morgan fingerprint density at radius 1 is 1.15 bits per heavy atom. The van der Waals surface area contributed by atoms with Crippen LogP contribution in [0.3, 0.4) is 0 Å². The second kappa shape index (κ2) is 9.14. The fourth-order valence-electron chi connectivity index (χ4n) is 4.83. The van der Waals surface area contributed by atoms with Gasteiger partial charge < -0.3 is 15.3 Å². The molecule has 2 saturated heterocycles. The van der Waals surface area contributed by atoms with Gasteiger partial charge in [-0.3, -0.25) is 4.79 Å². The van der Waals surface area contributed by atoms with Crippen LogP contribution in [0.25, 0.3) is 16.9 Å². The van der Waals surface area contributed by atoms with Crippen molar-refractivity contribution >= 4 is 5.78 Å². The normalized spacial score (nSPS) is 20.7. The van der Waals surface area contributed by atoms with Gasteiger partial charge in [0.1, 0.15) is 0 Å². The number of likely N-dealkylation sites (tertiary alicyclic amines) is 1. The second-order valence-corrected chi connectivity index (χ2v) is 8.74. The smallest absolute Gasteiger partial charge is 0.223 e. The van der Waals surface area contributed by atoms with Crippen molar-refractivity contribution in [1.29, 1.82) is 5.26 Å². The number of rotatable bonds is 6. The first-order valence-corrected chi connectivity index (χ1v) is 11.4. The monoisotopic (exact) mass is 442 g/mol. The first kappa shape index (κ1) is 21.3. The van der Waals surface area contributed by atoms with Gasteiger partial charge in [0.2, 0.25) is 5.88 Å². The zero-order valence-electron chi connectivity index (χ0n) is 18.3. The van der Waals surface area contributed by atoms with Gasteiger partial charge in [-0.2, -0.15) is 15.0 Å². The molecule has 5 rings (SSSR count). The summed E-state index contributed by atoms with van der Waals surface area (Å²) in [7, 11) is 0. The zero-order valence-corrected chi connectivity index (χ0v) is 18.3. The van der Waals surface area contributed by atoms with Crippen molar-refractivity contribution in [2.24, 2.45) is 5.92 Å². The van der Waals surface area contributed by atoms with E-state index in [-0.39, 0.29) is 17.7 Å². The van der Waals surface area contributed by atoms with Crippen molar-refractivity contribution in [3.63, 3.8) is 0 Å². The van der Waals surface area contributed by atoms with E-state index in [0.717, 1.165) is 38.2 Å². The molecule has 8 nitrogen and oxygen atoms in total. The Bertz CT molecular complexity index is 1170. The number of nitrogens with one attached hydrogen (secondary N) is 1. The molecular formula is C25H26N6O2. The summed E-state index contributed by atoms with van der Waals surface area (Å²) < 4.78 is 1.34. The Labute approximate surface area is 192 Å². The van der Waals surface area contributed by atoms with Gasteiger partial charge in [-0.1, -0.05) is 12.1 Å². The van der Waals surface area contributed by atoms with Crippen LogP contribution in [0.1, 0.15) is 35.2 Å². The molecule has 0 spiro atoms. The van der Waals surface area contributed by atoms with Gasteiger partial charge in [0.15, 0.2) is 11.6 Å². The zero-order chi connectivity index (χ0) is 22.8. The SMILES string of the molecule is N#Cc1ccc(-c2cnn(-c3ccc(C(=O)C4NCC[C@@H]4CN4CCCC4)cn3)c2O)cc1. The fraction of sp³-hybridized carbons (Fsp3) is 0.360. The Balaban J connectivity index is 1.32. The molecule has 0 amide bonds. The highest BCUT2D eigenvalue weighted by Crippen LogP contribution is 2.31. The Morgan fingerprint density at radius 3 is 2.64 bits per heavy atom. The topological polar surface area (TPSA) is 107 Å². The fourth-order valence-corrected chi connectivity index (χ4v) is 4.83. The van der Waals surface area contributed by atoms with Crippen LogP contribution in [0.4, 0.5) is 0 Å². The third-order valence-electron chi connectivity index (χ3n) is 6.64. The molecule has 0 aliphatic carbocycles. The number of carbonyl (C=O) groups excluding carboxylic acids is 1. The first-order chi connectivity index (χ1) is 16.1. The maximum absolute atomic E-state index is 13.2. The summed E-state index contributed by atoms with van der Waals surface area (Å²) in [5, 5.41) is 27.3. The highest BCUT2D eigenvalue weighted by Gasteiger charge is 2.34. The maximum Gasteiger partial charge on any atom is 0.223 e. The number of hydrogen-bond acceptors (Lipinski definition) is 7. The van der Waals surface area contributed by atoms with Gasteiger partial charge in [0, 0.05) is 18.3 Å². The molecule has 2 N–H and O–H groups in total. The molecule has 2 fully saturated rings. The van der Waals surface area contributed by atoms with Crippen LogP contribution < -0.4 is 5.32 Å². The van der Waals surface area contributed by atoms with E-state index >= 15 is 0 Å². The molecule has 2 aliphatic rings. The van der Waals surface area contributed by atoms with Gasteiger partial charge in [-0.05, 0) is 74.6 Å². The number of nitrogens with zero attached hydrogens (tertiary/aromatic N) is 5. The van der Waals surface area contributed by atoms with Crippen LogP contribution in [0.5, 0.6) is 5.88 Å². The van der Waals surface area contributed by atoms with Crippen molar-refractivity contribution in [2.45, 2.75) is 25.3 Å². The third-order valence-corrected chi connectivity index (χ3v) is 6.64. The largest absolute Gasteiger partial charge is 0.493 e. The lowest BCUT2D eigenvalue weighted by atomic mass is 9.93. The van der Waals surface area contributed by atoms with E-state index in [4.69, 9.17) is 5.26 Å². The number of hydrogen-bond donors (Lipinski definition) is 2. The van der Waals surface area contributed by atoms with Crippen molar-refractivity contribution in [3.8, 4) is 28.9 Å². The van der Waals surface area contributed by atoms with Crippen LogP contribution >= 0.6 is 0 Å². The average molecular weight is 443 g/mol. The van der Waals surface area contributed by atoms with E-state index < -0.39 is 0 Å². The third kappa shape index (κ3) is 4.25. The summed E-state index contributed by atoms with van der Waals surface area (Å²) in [6.07, 6.45) is 6.63. The number of nitriles is 1. The van der Waals surface area contributed by atoms with Gasteiger partial charge >= 0.3 is 0 Å². The highest BCUT2D eigenvalue weighted by atomic mass is 16.3. The molecular weight excluding hydrogens is 416 g/mol. The first-order valence-electron chi connectivity index (χ1n) is 11.4. The van der Waals surface area contributed by atoms with E-state index in [1.165, 1.54) is 17.5 Å². The number of aromatic hydroxyl groups is 1. The molecule has 1 aromatic carbocycles. The van der Waals surface area contributed by atoms with Gasteiger partial charge in [-0.15, -0.1) is 0 Å². The standard InChI is InChI=1S/C25H26N6O2/c26-13-17-3-5-18(6-4-17)21-15-29-31(25(21)33)22-8-7-19(14-28-22)24(32)23-20(9-10-27-23)16-30-11-1-2-12-30/h3-8,14-15,20,23,27,33H,1-2,9-12,16H2/t20-,23?/m1/s1. The van der Waals surface area contributed by atoms with E-state index in [1.54, 1.807) is 48.8 Å². The number of ketones is 1. The highest BCUT2D eigenvalue weighted by molar-refractivity contribution is 6.00. The Kier molecular flexibility index (Phi) is 5.90. The van der Waals surface area contributed by atoms with Crippen molar-refractivity contribution in [1.82, 2.24) is 25.0 Å². The average Bonchev–Trinajstić information content (AvgIpc) is 3.61. The van der Waals surface area contributed by atoms with Crippen molar-refractivity contribution in [3.05, 3.63) is 59.9 Å². The van der Waals surface area contributed by atoms with E-state index in [0.29, 0.717) is 28.4 Å². The molecule has 33 heavy (non-hydrogen) atoms. The van der Waals surface area contributed by atoms with E-state index in [9.17, 15) is 9.90 Å². The number of carbonyl (C=O) groups is 1. The van der Waals surface area contributed by atoms with Crippen molar-refractivity contribution in [2.75, 3.05) is 26.2 Å². The van der Waals surface area contributed by atoms with Crippen LogP contribution in [-0.2, 0) is 0 Å². The summed E-state index contributed by atoms with van der Waals surface area (Å²) in [6, 6.07) is 12.3. The van der Waals surface area contributed by atoms with Gasteiger partial charge in [-0.25, -0.2) is 4.98 Å². The minimum Gasteiger partial charge on any atom is -0.493 e. The quantitative estimate of drug-likeness (QED) is 0.565. The van der Waals surface area contributed by atoms with Gasteiger partial charge in [0.25, 0.3) is 0 Å². The summed E-state index contributed by atoms with van der Waals surface area (Å²) in [4.78, 5) is 20.0. The number of Topliss-reactive ketones (excluding diaryl/α,β-unsaturated/α-hetero) is 1. The lowest BCUT2D eigenvalue weighted by molar-refractivity contribution is 0.0917. The number of pyridine rings is 1. The molecule has 2 aromatic heterocycles. The molecule has 168 valence electrons. The van der Waals surface area contributed by atoms with Crippen LogP contribution in [0.2, 0.25) is 0 Å². The van der Waals surface area contributed by atoms with Crippen molar-refractivity contribution < 1.29 is 9.90 Å². The minimum absolute atomic E-state index is 0.0468. The van der Waals surface area contributed by atoms with Crippen LogP contribution in [-0.4, -0.2) is 62.8 Å². The molecule has 8 heteroatoms. The van der Waals surface area contributed by atoms with Gasteiger partial charge in [0.05, 0.1) is 29.4 Å². The molecule has 0 saturated carbocycles. The predicted molar refractivity (Wildman–Crippen MR) is 123 cm³/mol. The maximum atomic E-state index is 13.2. The van der Waals surface area contributed by atoms with E-state index in [1.807, 2.05) is 0 Å². The van der Waals surface area contributed by atoms with Crippen LogP contribution in [0.15, 0.2) is 48.8 Å². The minimum atomic E-state index is -0.181. The van der Waals surface area contributed by atoms with E-state index in [2.05, 4.69) is 26.4 Å². The summed E-state index contributed by atoms with van der Waals surface area (Å²) in [5.41, 5.74) is 2.40. The summed E-state index contributed by atoms with van der Waals surface area (Å²) >= 11 is 0. The predicted octanol–water partition coefficient (Wildman–Crippen LogP) is 2.77. The summed E-state index contributed by atoms with van der Waals surface area (Å²) in [5.74, 6) is 0.769. The molecule has 4 heterocycles. The lowest BCUT2D eigenvalue weighted by Gasteiger charge is -2.24. The lowest BCUT2D eigenvalue weighted by Crippen LogP contribution is -2.40.